The van der Waals surface area contributed by atoms with Crippen molar-refractivity contribution in [2.24, 2.45) is 0 Å². The highest BCUT2D eigenvalue weighted by Gasteiger charge is 2.17. The van der Waals surface area contributed by atoms with Crippen molar-refractivity contribution >= 4 is 28.3 Å². The minimum atomic E-state index is -0.0899. The zero-order valence-corrected chi connectivity index (χ0v) is 14.7. The first-order valence-electron chi connectivity index (χ1n) is 8.34. The third-order valence-corrected chi connectivity index (χ3v) is 4.15. The Morgan fingerprint density at radius 3 is 2.96 bits per heavy atom. The second kappa shape index (κ2) is 7.90. The molecule has 1 aliphatic heterocycles. The predicted octanol–water partition coefficient (Wildman–Crippen LogP) is 3.28. The third kappa shape index (κ3) is 3.90. The lowest BCUT2D eigenvalue weighted by atomic mass is 10.2. The van der Waals surface area contributed by atoms with Crippen LogP contribution in [0.25, 0.3) is 10.9 Å². The van der Waals surface area contributed by atoms with E-state index in [4.69, 9.17) is 30.2 Å². The summed E-state index contributed by atoms with van der Waals surface area (Å²) < 4.78 is 22.3. The number of ether oxygens (including phenoxy) is 3. The van der Waals surface area contributed by atoms with E-state index >= 15 is 0 Å². The summed E-state index contributed by atoms with van der Waals surface area (Å²) in [6.07, 6.45) is 1.54. The van der Waals surface area contributed by atoms with Gasteiger partial charge in [0.05, 0.1) is 32.6 Å². The highest BCUT2D eigenvalue weighted by atomic mass is 35.5. The fourth-order valence-corrected chi connectivity index (χ4v) is 2.92. The Morgan fingerprint density at radius 1 is 1.19 bits per heavy atom. The van der Waals surface area contributed by atoms with Crippen LogP contribution in [0.2, 0.25) is 5.28 Å². The summed E-state index contributed by atoms with van der Waals surface area (Å²) in [4.78, 5) is 8.63. The van der Waals surface area contributed by atoms with Gasteiger partial charge < -0.3 is 23.9 Å². The Balaban J connectivity index is 1.56. The second-order valence-corrected chi connectivity index (χ2v) is 6.14. The Hall–Kier alpha value is -2.35. The SMILES string of the molecule is Clc1nc(NCc2ccco2)c2cccc(OCC3COCCO3)c2n1. The molecule has 4 rings (SSSR count). The molecule has 0 aliphatic carbocycles. The van der Waals surface area contributed by atoms with Crippen LogP contribution in [0.1, 0.15) is 5.76 Å². The van der Waals surface area contributed by atoms with Crippen LogP contribution >= 0.6 is 11.6 Å². The number of hydrogen-bond acceptors (Lipinski definition) is 7. The maximum Gasteiger partial charge on any atom is 0.225 e. The van der Waals surface area contributed by atoms with Gasteiger partial charge >= 0.3 is 0 Å². The topological polar surface area (TPSA) is 78.6 Å². The van der Waals surface area contributed by atoms with Crippen LogP contribution in [-0.2, 0) is 16.0 Å². The average Bonchev–Trinajstić information content (AvgIpc) is 3.19. The molecule has 1 aromatic carbocycles. The van der Waals surface area contributed by atoms with Crippen LogP contribution in [0.4, 0.5) is 5.82 Å². The van der Waals surface area contributed by atoms with Crippen LogP contribution in [0, 0.1) is 0 Å². The monoisotopic (exact) mass is 375 g/mol. The fourth-order valence-electron chi connectivity index (χ4n) is 2.75. The van der Waals surface area contributed by atoms with Crippen LogP contribution < -0.4 is 10.1 Å². The van der Waals surface area contributed by atoms with Crippen LogP contribution in [0.3, 0.4) is 0 Å². The van der Waals surface area contributed by atoms with Gasteiger partial charge in [0.1, 0.15) is 35.6 Å². The quantitative estimate of drug-likeness (QED) is 0.662. The van der Waals surface area contributed by atoms with E-state index < -0.39 is 0 Å². The molecule has 1 fully saturated rings. The molecule has 0 saturated carbocycles. The van der Waals surface area contributed by atoms with Crippen molar-refractivity contribution < 1.29 is 18.6 Å². The number of rotatable bonds is 6. The molecule has 1 N–H and O–H groups in total. The fraction of sp³-hybridized carbons (Fsp3) is 0.333. The van der Waals surface area contributed by atoms with Gasteiger partial charge in [0.15, 0.2) is 0 Å². The third-order valence-electron chi connectivity index (χ3n) is 3.98. The van der Waals surface area contributed by atoms with E-state index in [1.165, 1.54) is 0 Å². The Morgan fingerprint density at radius 2 is 2.15 bits per heavy atom. The number of benzene rings is 1. The normalized spacial score (nSPS) is 17.3. The standard InChI is InChI=1S/C18H18ClN3O4/c19-18-21-16-14(17(22-18)20-9-12-3-2-6-24-12)4-1-5-15(16)26-11-13-10-23-7-8-25-13/h1-6,13H,7-11H2,(H,20,21,22). The van der Waals surface area contributed by atoms with E-state index in [2.05, 4.69) is 15.3 Å². The van der Waals surface area contributed by atoms with E-state index in [1.807, 2.05) is 30.3 Å². The van der Waals surface area contributed by atoms with Crippen molar-refractivity contribution in [2.75, 3.05) is 31.7 Å². The zero-order chi connectivity index (χ0) is 17.8. The van der Waals surface area contributed by atoms with Gasteiger partial charge in [-0.25, -0.2) is 9.97 Å². The lowest BCUT2D eigenvalue weighted by Gasteiger charge is -2.23. The minimum absolute atomic E-state index is 0.0899. The Labute approximate surface area is 155 Å². The van der Waals surface area contributed by atoms with Gasteiger partial charge in [0.2, 0.25) is 5.28 Å². The Kier molecular flexibility index (Phi) is 5.19. The van der Waals surface area contributed by atoms with E-state index in [0.717, 1.165) is 11.1 Å². The highest BCUT2D eigenvalue weighted by molar-refractivity contribution is 6.29. The average molecular weight is 376 g/mol. The number of hydrogen-bond donors (Lipinski definition) is 1. The number of furan rings is 1. The number of halogens is 1. The first-order chi connectivity index (χ1) is 12.8. The smallest absolute Gasteiger partial charge is 0.225 e. The molecular formula is C18H18ClN3O4. The molecule has 136 valence electrons. The molecule has 0 radical (unpaired) electrons. The summed E-state index contributed by atoms with van der Waals surface area (Å²) in [7, 11) is 0. The van der Waals surface area contributed by atoms with Gasteiger partial charge in [-0.2, -0.15) is 0 Å². The summed E-state index contributed by atoms with van der Waals surface area (Å²) >= 11 is 6.12. The molecule has 0 bridgehead atoms. The van der Waals surface area contributed by atoms with Gasteiger partial charge in [0, 0.05) is 5.39 Å². The summed E-state index contributed by atoms with van der Waals surface area (Å²) in [6, 6.07) is 9.39. The van der Waals surface area contributed by atoms with E-state index in [9.17, 15) is 0 Å². The van der Waals surface area contributed by atoms with Gasteiger partial charge in [-0.05, 0) is 35.9 Å². The molecule has 1 saturated heterocycles. The molecule has 7 nitrogen and oxygen atoms in total. The van der Waals surface area contributed by atoms with Gasteiger partial charge in [-0.15, -0.1) is 0 Å². The molecule has 8 heteroatoms. The lowest BCUT2D eigenvalue weighted by molar-refractivity contribution is -0.101. The molecular weight excluding hydrogens is 358 g/mol. The van der Waals surface area contributed by atoms with Gasteiger partial charge in [-0.3, -0.25) is 0 Å². The lowest BCUT2D eigenvalue weighted by Crippen LogP contribution is -2.33. The zero-order valence-electron chi connectivity index (χ0n) is 14.0. The Bertz CT molecular complexity index is 866. The van der Waals surface area contributed by atoms with Gasteiger partial charge in [0.25, 0.3) is 0 Å². The number of nitrogens with one attached hydrogen (secondary N) is 1. The van der Waals surface area contributed by atoms with Crippen LogP contribution in [0.15, 0.2) is 41.0 Å². The summed E-state index contributed by atoms with van der Waals surface area (Å²) in [5.41, 5.74) is 0.645. The molecule has 3 aromatic rings. The molecule has 2 aromatic heterocycles. The first kappa shape index (κ1) is 17.1. The number of anilines is 1. The molecule has 1 aliphatic rings. The molecule has 0 amide bonds. The maximum atomic E-state index is 6.12. The summed E-state index contributed by atoms with van der Waals surface area (Å²) in [6.45, 7) is 2.61. The summed E-state index contributed by atoms with van der Waals surface area (Å²) in [5.74, 6) is 2.05. The van der Waals surface area contributed by atoms with E-state index in [1.54, 1.807) is 6.26 Å². The number of nitrogens with zero attached hydrogens (tertiary/aromatic N) is 2. The predicted molar refractivity (Wildman–Crippen MR) is 96.6 cm³/mol. The maximum absolute atomic E-state index is 6.12. The first-order valence-corrected chi connectivity index (χ1v) is 8.72. The van der Waals surface area contributed by atoms with Crippen molar-refractivity contribution in [2.45, 2.75) is 12.6 Å². The van der Waals surface area contributed by atoms with Crippen molar-refractivity contribution in [3.63, 3.8) is 0 Å². The van der Waals surface area contributed by atoms with Crippen molar-refractivity contribution in [1.82, 2.24) is 9.97 Å². The molecule has 3 heterocycles. The number of para-hydroxylation sites is 1. The number of fused-ring (bicyclic) bond motifs is 1. The van der Waals surface area contributed by atoms with Crippen LogP contribution in [0.5, 0.6) is 5.75 Å². The second-order valence-electron chi connectivity index (χ2n) is 5.81. The molecule has 1 unspecified atom stereocenters. The van der Waals surface area contributed by atoms with Crippen molar-refractivity contribution in [1.29, 1.82) is 0 Å². The minimum Gasteiger partial charge on any atom is -0.488 e. The molecule has 26 heavy (non-hydrogen) atoms. The molecule has 1 atom stereocenters. The van der Waals surface area contributed by atoms with Gasteiger partial charge in [-0.1, -0.05) is 6.07 Å². The number of aromatic nitrogens is 2. The van der Waals surface area contributed by atoms with E-state index in [-0.39, 0.29) is 11.4 Å². The van der Waals surface area contributed by atoms with Crippen LogP contribution in [-0.4, -0.2) is 42.5 Å². The highest BCUT2D eigenvalue weighted by Crippen LogP contribution is 2.30. The molecule has 0 spiro atoms. The van der Waals surface area contributed by atoms with Crippen molar-refractivity contribution in [3.05, 3.63) is 47.6 Å². The summed E-state index contributed by atoms with van der Waals surface area (Å²) in [5, 5.41) is 4.20. The van der Waals surface area contributed by atoms with E-state index in [0.29, 0.717) is 50.1 Å². The largest absolute Gasteiger partial charge is 0.488 e. The van der Waals surface area contributed by atoms with Crippen molar-refractivity contribution in [3.8, 4) is 5.75 Å².